The zero-order valence-electron chi connectivity index (χ0n) is 17.1. The lowest BCUT2D eigenvalue weighted by atomic mass is 10.2. The second-order valence-corrected chi connectivity index (χ2v) is 6.90. The third-order valence-corrected chi connectivity index (χ3v) is 4.97. The molecule has 0 spiro atoms. The molecule has 1 N–H and O–H groups in total. The number of nitrogens with one attached hydrogen (secondary N) is 1. The summed E-state index contributed by atoms with van der Waals surface area (Å²) in [5.74, 6) is 0.434. The van der Waals surface area contributed by atoms with Gasteiger partial charge in [-0.3, -0.25) is 14.3 Å². The molecule has 1 heterocycles. The quantitative estimate of drug-likeness (QED) is 0.607. The van der Waals surface area contributed by atoms with Gasteiger partial charge in [0.2, 0.25) is 5.91 Å². The molecule has 0 atom stereocenters. The van der Waals surface area contributed by atoms with Crippen LogP contribution < -0.4 is 20.3 Å². The van der Waals surface area contributed by atoms with Crippen molar-refractivity contribution < 1.29 is 14.3 Å². The fourth-order valence-corrected chi connectivity index (χ4v) is 3.38. The van der Waals surface area contributed by atoms with Gasteiger partial charge >= 0.3 is 0 Å². The van der Waals surface area contributed by atoms with Crippen molar-refractivity contribution in [3.63, 3.8) is 0 Å². The van der Waals surface area contributed by atoms with Gasteiger partial charge in [-0.25, -0.2) is 4.68 Å². The number of halogens is 1. The summed E-state index contributed by atoms with van der Waals surface area (Å²) in [4.78, 5) is 25.3. The van der Waals surface area contributed by atoms with Crippen molar-refractivity contribution >= 4 is 29.3 Å². The minimum absolute atomic E-state index is 0.223. The van der Waals surface area contributed by atoms with Crippen LogP contribution in [0.4, 0.5) is 5.69 Å². The monoisotopic (exact) mass is 427 g/mol. The van der Waals surface area contributed by atoms with Crippen LogP contribution in [0.3, 0.4) is 0 Å². The molecule has 3 rings (SSSR count). The highest BCUT2D eigenvalue weighted by atomic mass is 35.5. The van der Waals surface area contributed by atoms with Crippen molar-refractivity contribution in [3.05, 3.63) is 75.2 Å². The van der Waals surface area contributed by atoms with Crippen molar-refractivity contribution in [2.24, 2.45) is 7.05 Å². The number of carbonyl (C=O) groups is 1. The molecule has 3 aromatic rings. The minimum atomic E-state index is -0.438. The Balaban J connectivity index is 1.86. The molecule has 0 radical (unpaired) electrons. The highest BCUT2D eigenvalue weighted by Gasteiger charge is 2.17. The Hall–Kier alpha value is -3.45. The van der Waals surface area contributed by atoms with E-state index in [1.54, 1.807) is 36.9 Å². The van der Waals surface area contributed by atoms with Crippen LogP contribution in [0.2, 0.25) is 5.02 Å². The van der Waals surface area contributed by atoms with Gasteiger partial charge in [0.1, 0.15) is 5.69 Å². The van der Waals surface area contributed by atoms with Crippen LogP contribution in [-0.2, 0) is 11.8 Å². The highest BCUT2D eigenvalue weighted by molar-refractivity contribution is 6.32. The number of aromatic nitrogens is 2. The van der Waals surface area contributed by atoms with Gasteiger partial charge in [-0.2, -0.15) is 0 Å². The van der Waals surface area contributed by atoms with E-state index in [0.29, 0.717) is 33.5 Å². The summed E-state index contributed by atoms with van der Waals surface area (Å²) < 4.78 is 13.7. The zero-order chi connectivity index (χ0) is 21.8. The Morgan fingerprint density at radius 3 is 2.47 bits per heavy atom. The number of carbonyl (C=O) groups excluding carboxylic acids is 1. The van der Waals surface area contributed by atoms with E-state index < -0.39 is 5.91 Å². The molecule has 30 heavy (non-hydrogen) atoms. The molecule has 0 saturated heterocycles. The van der Waals surface area contributed by atoms with E-state index in [2.05, 4.69) is 5.32 Å². The predicted octanol–water partition coefficient (Wildman–Crippen LogP) is 3.81. The van der Waals surface area contributed by atoms with Gasteiger partial charge in [-0.05, 0) is 42.8 Å². The molecule has 0 bridgehead atoms. The van der Waals surface area contributed by atoms with Gasteiger partial charge in [0, 0.05) is 13.1 Å². The van der Waals surface area contributed by atoms with E-state index in [-0.39, 0.29) is 11.2 Å². The van der Waals surface area contributed by atoms with E-state index in [4.69, 9.17) is 21.1 Å². The van der Waals surface area contributed by atoms with Crippen LogP contribution in [-0.4, -0.2) is 29.5 Å². The van der Waals surface area contributed by atoms with Crippen LogP contribution in [0.25, 0.3) is 11.8 Å². The first-order chi connectivity index (χ1) is 14.4. The van der Waals surface area contributed by atoms with E-state index in [1.807, 2.05) is 30.3 Å². The molecule has 0 fully saturated rings. The number of benzene rings is 2. The van der Waals surface area contributed by atoms with Crippen LogP contribution in [0.1, 0.15) is 11.3 Å². The van der Waals surface area contributed by atoms with Crippen molar-refractivity contribution in [1.29, 1.82) is 0 Å². The Bertz CT molecular complexity index is 1160. The summed E-state index contributed by atoms with van der Waals surface area (Å²) in [5.41, 5.74) is 1.92. The molecule has 1 amide bonds. The average molecular weight is 428 g/mol. The number of rotatable bonds is 6. The molecule has 0 unspecified atom stereocenters. The van der Waals surface area contributed by atoms with Crippen LogP contribution in [0.5, 0.6) is 11.5 Å². The largest absolute Gasteiger partial charge is 0.493 e. The molecule has 1 aromatic heterocycles. The molecule has 156 valence electrons. The van der Waals surface area contributed by atoms with Crippen LogP contribution in [0, 0.1) is 6.92 Å². The molecule has 2 aromatic carbocycles. The standard InChI is InChI=1S/C22H22ClN3O4/c1-14-20(22(28)26(25(14)2)16-8-6-5-7-9-16)24-19(27)11-10-15-12-17(23)21(30-4)18(13-15)29-3/h5-13H,1-4H3,(H,24,27)/b11-10+. The first-order valence-corrected chi connectivity index (χ1v) is 9.49. The smallest absolute Gasteiger partial charge is 0.295 e. The Kier molecular flexibility index (Phi) is 6.32. The number of amides is 1. The molecule has 0 aliphatic carbocycles. The fraction of sp³-hybridized carbons (Fsp3) is 0.182. The van der Waals surface area contributed by atoms with E-state index in [0.717, 1.165) is 0 Å². The third-order valence-electron chi connectivity index (χ3n) is 4.69. The van der Waals surface area contributed by atoms with Gasteiger partial charge in [0.25, 0.3) is 5.56 Å². The lowest BCUT2D eigenvalue weighted by Crippen LogP contribution is -2.22. The molecule has 0 aliphatic rings. The van der Waals surface area contributed by atoms with E-state index in [1.165, 1.54) is 25.0 Å². The molecule has 0 aliphatic heterocycles. The summed E-state index contributed by atoms with van der Waals surface area (Å²) in [6.45, 7) is 1.77. The number of nitrogens with zero attached hydrogens (tertiary/aromatic N) is 2. The summed E-state index contributed by atoms with van der Waals surface area (Å²) in [7, 11) is 4.77. The van der Waals surface area contributed by atoms with Crippen LogP contribution >= 0.6 is 11.6 Å². The highest BCUT2D eigenvalue weighted by Crippen LogP contribution is 2.36. The number of hydrogen-bond donors (Lipinski definition) is 1. The average Bonchev–Trinajstić information content (AvgIpc) is 2.95. The summed E-state index contributed by atoms with van der Waals surface area (Å²) in [5, 5.41) is 3.04. The zero-order valence-corrected chi connectivity index (χ0v) is 17.9. The summed E-state index contributed by atoms with van der Waals surface area (Å²) >= 11 is 6.19. The van der Waals surface area contributed by atoms with Crippen LogP contribution in [0.15, 0.2) is 53.3 Å². The lowest BCUT2D eigenvalue weighted by Gasteiger charge is -2.10. The lowest BCUT2D eigenvalue weighted by molar-refractivity contribution is -0.111. The van der Waals surface area contributed by atoms with E-state index >= 15 is 0 Å². The molecule has 7 nitrogen and oxygen atoms in total. The third kappa shape index (κ3) is 4.11. The van der Waals surface area contributed by atoms with Gasteiger partial charge in [0.05, 0.1) is 30.6 Å². The second-order valence-electron chi connectivity index (χ2n) is 6.50. The number of ether oxygens (including phenoxy) is 2. The van der Waals surface area contributed by atoms with Gasteiger partial charge in [0.15, 0.2) is 11.5 Å². The van der Waals surface area contributed by atoms with Gasteiger partial charge < -0.3 is 14.8 Å². The molecular weight excluding hydrogens is 406 g/mol. The number of methoxy groups -OCH3 is 2. The summed E-state index contributed by atoms with van der Waals surface area (Å²) in [6.07, 6.45) is 2.91. The summed E-state index contributed by atoms with van der Waals surface area (Å²) in [6, 6.07) is 12.6. The van der Waals surface area contributed by atoms with Crippen molar-refractivity contribution in [2.45, 2.75) is 6.92 Å². The Morgan fingerprint density at radius 2 is 1.83 bits per heavy atom. The second kappa shape index (κ2) is 8.92. The SMILES string of the molecule is COc1cc(/C=C/C(=O)Nc2c(C)n(C)n(-c3ccccc3)c2=O)cc(Cl)c1OC. The van der Waals surface area contributed by atoms with Gasteiger partial charge in [-0.1, -0.05) is 29.8 Å². The number of para-hydroxylation sites is 1. The van der Waals surface area contributed by atoms with Crippen molar-refractivity contribution in [1.82, 2.24) is 9.36 Å². The topological polar surface area (TPSA) is 74.5 Å². The molecule has 8 heteroatoms. The minimum Gasteiger partial charge on any atom is -0.493 e. The van der Waals surface area contributed by atoms with Crippen molar-refractivity contribution in [2.75, 3.05) is 19.5 Å². The van der Waals surface area contributed by atoms with E-state index in [9.17, 15) is 9.59 Å². The number of anilines is 1. The first-order valence-electron chi connectivity index (χ1n) is 9.12. The Labute approximate surface area is 179 Å². The first kappa shape index (κ1) is 21.3. The molecular formula is C22H22ClN3O4. The maximum Gasteiger partial charge on any atom is 0.295 e. The Morgan fingerprint density at radius 1 is 1.13 bits per heavy atom. The molecule has 0 saturated carbocycles. The van der Waals surface area contributed by atoms with Gasteiger partial charge in [-0.15, -0.1) is 0 Å². The predicted molar refractivity (Wildman–Crippen MR) is 118 cm³/mol. The normalized spacial score (nSPS) is 11.0. The van der Waals surface area contributed by atoms with Crippen molar-refractivity contribution in [3.8, 4) is 17.2 Å². The number of hydrogen-bond acceptors (Lipinski definition) is 4. The maximum absolute atomic E-state index is 12.9. The fourth-order valence-electron chi connectivity index (χ4n) is 3.08. The maximum atomic E-state index is 12.9.